The van der Waals surface area contributed by atoms with E-state index in [-0.39, 0.29) is 30.1 Å². The number of benzene rings is 1. The van der Waals surface area contributed by atoms with Gasteiger partial charge in [0.1, 0.15) is 12.2 Å². The van der Waals surface area contributed by atoms with Crippen LogP contribution in [0.4, 0.5) is 0 Å². The van der Waals surface area contributed by atoms with E-state index in [4.69, 9.17) is 15.2 Å². The summed E-state index contributed by atoms with van der Waals surface area (Å²) in [7, 11) is 0. The third kappa shape index (κ3) is 2.96. The maximum absolute atomic E-state index is 12.5. The van der Waals surface area contributed by atoms with Gasteiger partial charge in [0.2, 0.25) is 5.91 Å². The quantitative estimate of drug-likeness (QED) is 0.863. The molecule has 1 amide bonds. The second kappa shape index (κ2) is 6.14. The van der Waals surface area contributed by atoms with Crippen LogP contribution in [0.2, 0.25) is 0 Å². The number of ether oxygens (including phenoxy) is 2. The summed E-state index contributed by atoms with van der Waals surface area (Å²) in [6, 6.07) is 10.0. The first-order valence-corrected chi connectivity index (χ1v) is 8.67. The monoisotopic (exact) mass is 332 g/mol. The molecule has 2 saturated heterocycles. The van der Waals surface area contributed by atoms with Crippen molar-refractivity contribution in [2.24, 2.45) is 17.1 Å². The molecule has 1 aromatic carbocycles. The van der Waals surface area contributed by atoms with Gasteiger partial charge in [-0.25, -0.2) is 0 Å². The summed E-state index contributed by atoms with van der Waals surface area (Å²) < 4.78 is 12.0. The number of carbonyl (C=O) groups excluding carboxylic acids is 1. The van der Waals surface area contributed by atoms with Gasteiger partial charge in [-0.2, -0.15) is 0 Å². The molecule has 5 nitrogen and oxygen atoms in total. The highest BCUT2D eigenvalue weighted by Gasteiger charge is 2.57. The van der Waals surface area contributed by atoms with E-state index in [1.165, 1.54) is 5.56 Å². The zero-order valence-corrected chi connectivity index (χ0v) is 14.9. The van der Waals surface area contributed by atoms with E-state index in [2.05, 4.69) is 24.4 Å². The molecule has 3 rings (SSSR count). The second-order valence-electron chi connectivity index (χ2n) is 7.76. The fraction of sp³-hybridized carbons (Fsp3) is 0.632. The first kappa shape index (κ1) is 17.4. The Morgan fingerprint density at radius 1 is 1.38 bits per heavy atom. The van der Waals surface area contributed by atoms with Gasteiger partial charge in [0.05, 0.1) is 11.5 Å². The van der Waals surface area contributed by atoms with Crippen LogP contribution in [-0.4, -0.2) is 36.5 Å². The van der Waals surface area contributed by atoms with E-state index in [1.54, 1.807) is 0 Å². The van der Waals surface area contributed by atoms with Crippen molar-refractivity contribution < 1.29 is 14.3 Å². The summed E-state index contributed by atoms with van der Waals surface area (Å²) >= 11 is 0. The van der Waals surface area contributed by atoms with E-state index in [9.17, 15) is 4.79 Å². The lowest BCUT2D eigenvalue weighted by molar-refractivity contribution is -0.161. The molecular formula is C19H28N2O3. The van der Waals surface area contributed by atoms with Crippen LogP contribution in [-0.2, 0) is 20.7 Å². The predicted molar refractivity (Wildman–Crippen MR) is 92.2 cm³/mol. The summed E-state index contributed by atoms with van der Waals surface area (Å²) in [6.45, 7) is 8.56. The Hall–Kier alpha value is -1.43. The fourth-order valence-electron chi connectivity index (χ4n) is 4.10. The van der Waals surface area contributed by atoms with Gasteiger partial charge in [0.15, 0.2) is 5.79 Å². The van der Waals surface area contributed by atoms with E-state index >= 15 is 0 Å². The first-order chi connectivity index (χ1) is 11.2. The molecule has 0 spiro atoms. The minimum absolute atomic E-state index is 0.0346. The van der Waals surface area contributed by atoms with Gasteiger partial charge in [-0.1, -0.05) is 37.3 Å². The van der Waals surface area contributed by atoms with Crippen LogP contribution in [0, 0.1) is 11.3 Å². The molecule has 5 heteroatoms. The molecule has 0 aromatic heterocycles. The topological polar surface area (TPSA) is 73.6 Å². The van der Waals surface area contributed by atoms with Gasteiger partial charge in [0, 0.05) is 6.54 Å². The SMILES string of the molecule is CC(Cc1ccccc1)C(C)(C(N)=O)C1NCC2OC(C)(C)OC21. The number of hydrogen-bond acceptors (Lipinski definition) is 4. The summed E-state index contributed by atoms with van der Waals surface area (Å²) in [5, 5.41) is 3.43. The van der Waals surface area contributed by atoms with Crippen molar-refractivity contribution in [3.05, 3.63) is 35.9 Å². The highest BCUT2D eigenvalue weighted by Crippen LogP contribution is 2.43. The Balaban J connectivity index is 1.84. The number of amides is 1. The number of hydrogen-bond donors (Lipinski definition) is 2. The van der Waals surface area contributed by atoms with Crippen LogP contribution in [0.1, 0.15) is 33.3 Å². The summed E-state index contributed by atoms with van der Waals surface area (Å²) in [5.74, 6) is -0.838. The molecule has 24 heavy (non-hydrogen) atoms. The standard InChI is InChI=1S/C19H28N2O3/c1-12(10-13-8-6-5-7-9-13)19(4,17(20)22)16-15-14(11-21-16)23-18(2,3)24-15/h5-9,12,14-16,21H,10-11H2,1-4H3,(H2,20,22). The Labute approximate surface area is 143 Å². The zero-order chi connectivity index (χ0) is 17.5. The lowest BCUT2D eigenvalue weighted by Gasteiger charge is -2.40. The number of primary amides is 1. The Morgan fingerprint density at radius 3 is 2.67 bits per heavy atom. The minimum atomic E-state index is -0.723. The summed E-state index contributed by atoms with van der Waals surface area (Å²) in [5.41, 5.74) is 6.36. The van der Waals surface area contributed by atoms with Gasteiger partial charge >= 0.3 is 0 Å². The van der Waals surface area contributed by atoms with Crippen LogP contribution >= 0.6 is 0 Å². The van der Waals surface area contributed by atoms with Crippen LogP contribution in [0.15, 0.2) is 30.3 Å². The van der Waals surface area contributed by atoms with Crippen molar-refractivity contribution in [2.75, 3.05) is 6.54 Å². The minimum Gasteiger partial charge on any atom is -0.369 e. The lowest BCUT2D eigenvalue weighted by atomic mass is 9.68. The van der Waals surface area contributed by atoms with Crippen molar-refractivity contribution in [1.82, 2.24) is 5.32 Å². The maximum Gasteiger partial charge on any atom is 0.225 e. The number of fused-ring (bicyclic) bond motifs is 1. The molecule has 5 unspecified atom stereocenters. The lowest BCUT2D eigenvalue weighted by Crippen LogP contribution is -2.57. The van der Waals surface area contributed by atoms with E-state index in [1.807, 2.05) is 39.0 Å². The zero-order valence-electron chi connectivity index (χ0n) is 14.9. The maximum atomic E-state index is 12.5. The molecule has 2 heterocycles. The van der Waals surface area contributed by atoms with Crippen LogP contribution < -0.4 is 11.1 Å². The summed E-state index contributed by atoms with van der Waals surface area (Å²) in [6.07, 6.45) is 0.600. The number of nitrogens with one attached hydrogen (secondary N) is 1. The Bertz CT molecular complexity index is 604. The largest absolute Gasteiger partial charge is 0.369 e. The Kier molecular flexibility index (Phi) is 4.45. The van der Waals surface area contributed by atoms with E-state index < -0.39 is 11.2 Å². The highest BCUT2D eigenvalue weighted by atomic mass is 16.8. The highest BCUT2D eigenvalue weighted by molar-refractivity contribution is 5.82. The molecule has 132 valence electrons. The average molecular weight is 332 g/mol. The molecule has 2 aliphatic heterocycles. The molecular weight excluding hydrogens is 304 g/mol. The molecule has 0 bridgehead atoms. The van der Waals surface area contributed by atoms with E-state index in [0.717, 1.165) is 6.42 Å². The molecule has 3 N–H and O–H groups in total. The van der Waals surface area contributed by atoms with Crippen molar-refractivity contribution in [2.45, 2.75) is 58.2 Å². The smallest absolute Gasteiger partial charge is 0.225 e. The molecule has 1 aromatic rings. The van der Waals surface area contributed by atoms with E-state index in [0.29, 0.717) is 6.54 Å². The predicted octanol–water partition coefficient (Wildman–Crippen LogP) is 1.85. The third-order valence-electron chi connectivity index (χ3n) is 5.67. The van der Waals surface area contributed by atoms with Gasteiger partial charge in [-0.15, -0.1) is 0 Å². The number of rotatable bonds is 5. The molecule has 5 atom stereocenters. The van der Waals surface area contributed by atoms with Gasteiger partial charge in [-0.3, -0.25) is 4.79 Å². The van der Waals surface area contributed by atoms with Crippen LogP contribution in [0.5, 0.6) is 0 Å². The van der Waals surface area contributed by atoms with Gasteiger partial charge in [0.25, 0.3) is 0 Å². The Morgan fingerprint density at radius 2 is 2.04 bits per heavy atom. The van der Waals surface area contributed by atoms with Gasteiger partial charge < -0.3 is 20.5 Å². The van der Waals surface area contributed by atoms with Crippen molar-refractivity contribution in [1.29, 1.82) is 0 Å². The third-order valence-corrected chi connectivity index (χ3v) is 5.67. The molecule has 0 aliphatic carbocycles. The van der Waals surface area contributed by atoms with Crippen LogP contribution in [0.3, 0.4) is 0 Å². The number of nitrogens with two attached hydrogens (primary N) is 1. The van der Waals surface area contributed by atoms with Gasteiger partial charge in [-0.05, 0) is 38.7 Å². The van der Waals surface area contributed by atoms with Crippen molar-refractivity contribution in [3.8, 4) is 0 Å². The number of carbonyl (C=O) groups is 1. The first-order valence-electron chi connectivity index (χ1n) is 8.67. The van der Waals surface area contributed by atoms with Crippen molar-refractivity contribution >= 4 is 5.91 Å². The molecule has 2 fully saturated rings. The average Bonchev–Trinajstić information content (AvgIpc) is 3.02. The molecule has 2 aliphatic rings. The fourth-order valence-corrected chi connectivity index (χ4v) is 4.10. The normalized spacial score (nSPS) is 32.1. The summed E-state index contributed by atoms with van der Waals surface area (Å²) in [4.78, 5) is 12.5. The molecule has 0 radical (unpaired) electrons. The van der Waals surface area contributed by atoms with Crippen LogP contribution in [0.25, 0.3) is 0 Å². The molecule has 0 saturated carbocycles. The van der Waals surface area contributed by atoms with Crippen molar-refractivity contribution in [3.63, 3.8) is 0 Å². The second-order valence-corrected chi connectivity index (χ2v) is 7.76.